The number of hydrogen-bond donors (Lipinski definition) is 1. The second-order valence-electron chi connectivity index (χ2n) is 6.61. The van der Waals surface area contributed by atoms with Gasteiger partial charge in [0.25, 0.3) is 0 Å². The fraction of sp³-hybridized carbons (Fsp3) is 0.353. The van der Waals surface area contributed by atoms with E-state index in [0.717, 1.165) is 12.1 Å². The zero-order chi connectivity index (χ0) is 20.5. The molecule has 0 saturated carbocycles. The average Bonchev–Trinajstić information content (AvgIpc) is 3.34. The lowest BCUT2D eigenvalue weighted by molar-refractivity contribution is -0.191. The van der Waals surface area contributed by atoms with Crippen LogP contribution in [-0.4, -0.2) is 30.6 Å². The predicted octanol–water partition coefficient (Wildman–Crippen LogP) is 3.78. The highest BCUT2D eigenvalue weighted by Crippen LogP contribution is 2.55. The number of aromatic nitrogens is 1. The fourth-order valence-electron chi connectivity index (χ4n) is 3.05. The molecule has 2 atom stereocenters. The number of halogens is 7. The second-order valence-corrected chi connectivity index (χ2v) is 6.61. The number of ether oxygens (including phenoxy) is 2. The third kappa shape index (κ3) is 2.56. The van der Waals surface area contributed by atoms with Crippen molar-refractivity contribution in [3.05, 3.63) is 47.4 Å². The van der Waals surface area contributed by atoms with Gasteiger partial charge in [0.1, 0.15) is 18.1 Å². The van der Waals surface area contributed by atoms with E-state index in [1.807, 2.05) is 0 Å². The standard InChI is InChI=1S/C17H11F7N2O2/c18-9-3-1-8(2-4-9)12-13-10(14(25,6-27-13)16(19,20)21)5-11(26-12)15(7-28-15)17(22,23)24/h1-5H,6-7,25H2/t14-,15-/m0/s1. The molecule has 0 amide bonds. The SMILES string of the molecule is N[C@@]1(C(F)(F)F)COc2c1cc([C@]1(C(F)(F)F)CO1)nc2-c1ccc(F)cc1. The number of hydrogen-bond acceptors (Lipinski definition) is 4. The zero-order valence-corrected chi connectivity index (χ0v) is 13.8. The molecular weight excluding hydrogens is 397 g/mol. The van der Waals surface area contributed by atoms with Gasteiger partial charge in [0, 0.05) is 11.1 Å². The zero-order valence-electron chi connectivity index (χ0n) is 13.8. The summed E-state index contributed by atoms with van der Waals surface area (Å²) in [6.45, 7) is -1.80. The van der Waals surface area contributed by atoms with E-state index in [4.69, 9.17) is 10.5 Å². The van der Waals surface area contributed by atoms with Crippen molar-refractivity contribution in [3.8, 4) is 17.0 Å². The highest BCUT2D eigenvalue weighted by Gasteiger charge is 2.69. The first-order valence-corrected chi connectivity index (χ1v) is 7.90. The Morgan fingerprint density at radius 3 is 2.07 bits per heavy atom. The van der Waals surface area contributed by atoms with Crippen LogP contribution < -0.4 is 10.5 Å². The van der Waals surface area contributed by atoms with Crippen molar-refractivity contribution in [1.29, 1.82) is 0 Å². The number of benzene rings is 1. The Bertz CT molecular complexity index is 936. The molecule has 4 rings (SSSR count). The number of nitrogens with zero attached hydrogens (tertiary/aromatic N) is 1. The Kier molecular flexibility index (Phi) is 3.77. The van der Waals surface area contributed by atoms with Gasteiger partial charge in [-0.2, -0.15) is 26.3 Å². The van der Waals surface area contributed by atoms with Crippen molar-refractivity contribution in [2.75, 3.05) is 13.2 Å². The van der Waals surface area contributed by atoms with Gasteiger partial charge in [-0.3, -0.25) is 0 Å². The van der Waals surface area contributed by atoms with Crippen molar-refractivity contribution < 1.29 is 40.2 Å². The van der Waals surface area contributed by atoms with E-state index in [1.54, 1.807) is 0 Å². The normalized spacial score (nSPS) is 26.7. The van der Waals surface area contributed by atoms with Gasteiger partial charge >= 0.3 is 12.4 Å². The summed E-state index contributed by atoms with van der Waals surface area (Å²) in [5.41, 5.74) is -2.00. The molecule has 11 heteroatoms. The third-order valence-corrected chi connectivity index (χ3v) is 4.83. The summed E-state index contributed by atoms with van der Waals surface area (Å²) >= 11 is 0. The first kappa shape index (κ1) is 18.9. The van der Waals surface area contributed by atoms with Crippen LogP contribution in [0.2, 0.25) is 0 Å². The maximum atomic E-state index is 13.6. The van der Waals surface area contributed by atoms with Crippen molar-refractivity contribution in [3.63, 3.8) is 0 Å². The topological polar surface area (TPSA) is 60.7 Å². The first-order chi connectivity index (χ1) is 12.9. The van der Waals surface area contributed by atoms with Crippen LogP contribution in [0.15, 0.2) is 30.3 Å². The minimum Gasteiger partial charge on any atom is -0.488 e. The third-order valence-electron chi connectivity index (χ3n) is 4.83. The molecule has 0 unspecified atom stereocenters. The largest absolute Gasteiger partial charge is 0.488 e. The summed E-state index contributed by atoms with van der Waals surface area (Å²) in [6.07, 6.45) is -9.89. The number of pyridine rings is 1. The monoisotopic (exact) mass is 408 g/mol. The molecule has 4 nitrogen and oxygen atoms in total. The number of epoxide rings is 1. The van der Waals surface area contributed by atoms with Gasteiger partial charge in [-0.05, 0) is 30.3 Å². The van der Waals surface area contributed by atoms with Crippen molar-refractivity contribution >= 4 is 0 Å². The molecule has 2 aliphatic rings. The van der Waals surface area contributed by atoms with E-state index in [0.29, 0.717) is 6.07 Å². The van der Waals surface area contributed by atoms with Gasteiger partial charge in [0.15, 0.2) is 11.3 Å². The molecule has 0 radical (unpaired) electrons. The maximum Gasteiger partial charge on any atom is 0.425 e. The number of alkyl halides is 6. The molecular formula is C17H11F7N2O2. The lowest BCUT2D eigenvalue weighted by Gasteiger charge is -2.26. The molecule has 0 bridgehead atoms. The number of nitrogens with two attached hydrogens (primary N) is 1. The molecule has 1 aromatic carbocycles. The van der Waals surface area contributed by atoms with E-state index in [2.05, 4.69) is 9.72 Å². The Hall–Kier alpha value is -2.40. The summed E-state index contributed by atoms with van der Waals surface area (Å²) in [5.74, 6) is -1.04. The highest BCUT2D eigenvalue weighted by atomic mass is 19.4. The first-order valence-electron chi connectivity index (χ1n) is 7.90. The summed E-state index contributed by atoms with van der Waals surface area (Å²) in [6, 6.07) is 4.96. The van der Waals surface area contributed by atoms with Crippen molar-refractivity contribution in [2.45, 2.75) is 23.5 Å². The van der Waals surface area contributed by atoms with Gasteiger partial charge in [0.2, 0.25) is 5.60 Å². The van der Waals surface area contributed by atoms with Crippen LogP contribution in [0.25, 0.3) is 11.3 Å². The molecule has 1 saturated heterocycles. The van der Waals surface area contributed by atoms with E-state index < -0.39 is 59.5 Å². The van der Waals surface area contributed by atoms with Gasteiger partial charge in [0.05, 0.1) is 12.3 Å². The quantitative estimate of drug-likeness (QED) is 0.607. The minimum absolute atomic E-state index is 0.0731. The minimum atomic E-state index is -4.99. The van der Waals surface area contributed by atoms with Gasteiger partial charge < -0.3 is 15.2 Å². The molecule has 1 aromatic heterocycles. The van der Waals surface area contributed by atoms with E-state index in [1.165, 1.54) is 12.1 Å². The van der Waals surface area contributed by atoms with Crippen LogP contribution in [0.5, 0.6) is 5.75 Å². The fourth-order valence-corrected chi connectivity index (χ4v) is 3.05. The summed E-state index contributed by atoms with van der Waals surface area (Å²) in [4.78, 5) is 3.88. The Labute approximate surface area is 153 Å². The van der Waals surface area contributed by atoms with Gasteiger partial charge in [-0.1, -0.05) is 0 Å². The van der Waals surface area contributed by atoms with Crippen LogP contribution in [0.3, 0.4) is 0 Å². The second kappa shape index (κ2) is 5.57. The summed E-state index contributed by atoms with van der Waals surface area (Å²) < 4.78 is 104. The highest BCUT2D eigenvalue weighted by molar-refractivity contribution is 5.71. The maximum absolute atomic E-state index is 13.6. The Morgan fingerprint density at radius 2 is 1.57 bits per heavy atom. The number of fused-ring (bicyclic) bond motifs is 1. The Morgan fingerprint density at radius 1 is 0.964 bits per heavy atom. The van der Waals surface area contributed by atoms with E-state index in [9.17, 15) is 30.7 Å². The van der Waals surface area contributed by atoms with Gasteiger partial charge in [-0.25, -0.2) is 9.37 Å². The molecule has 28 heavy (non-hydrogen) atoms. The molecule has 2 N–H and O–H groups in total. The molecule has 2 aliphatic heterocycles. The molecule has 3 heterocycles. The Balaban J connectivity index is 1.98. The molecule has 150 valence electrons. The smallest absolute Gasteiger partial charge is 0.425 e. The van der Waals surface area contributed by atoms with E-state index in [-0.39, 0.29) is 11.3 Å². The molecule has 2 aromatic rings. The molecule has 0 aliphatic carbocycles. The van der Waals surface area contributed by atoms with Crippen LogP contribution in [0, 0.1) is 5.82 Å². The molecule has 1 fully saturated rings. The average molecular weight is 408 g/mol. The summed E-state index contributed by atoms with van der Waals surface area (Å²) in [5, 5.41) is 0. The van der Waals surface area contributed by atoms with Crippen LogP contribution >= 0.6 is 0 Å². The molecule has 0 spiro atoms. The summed E-state index contributed by atoms with van der Waals surface area (Å²) in [7, 11) is 0. The van der Waals surface area contributed by atoms with Gasteiger partial charge in [-0.15, -0.1) is 0 Å². The lowest BCUT2D eigenvalue weighted by Crippen LogP contribution is -2.51. The van der Waals surface area contributed by atoms with Crippen molar-refractivity contribution in [1.82, 2.24) is 4.98 Å². The lowest BCUT2D eigenvalue weighted by atomic mass is 9.89. The van der Waals surface area contributed by atoms with E-state index >= 15 is 0 Å². The predicted molar refractivity (Wildman–Crippen MR) is 80.7 cm³/mol. The number of rotatable bonds is 2. The van der Waals surface area contributed by atoms with Crippen LogP contribution in [0.1, 0.15) is 11.3 Å². The van der Waals surface area contributed by atoms with Crippen molar-refractivity contribution in [2.24, 2.45) is 5.73 Å². The van der Waals surface area contributed by atoms with Crippen LogP contribution in [0.4, 0.5) is 30.7 Å². The van der Waals surface area contributed by atoms with Crippen LogP contribution in [-0.2, 0) is 15.9 Å².